The molecule has 0 fully saturated rings. The fourth-order valence-electron chi connectivity index (χ4n) is 1.23. The molecule has 0 aliphatic carbocycles. The zero-order valence-corrected chi connectivity index (χ0v) is 8.03. The van der Waals surface area contributed by atoms with E-state index >= 15 is 0 Å². The minimum atomic E-state index is 0.623. The summed E-state index contributed by atoms with van der Waals surface area (Å²) in [6.45, 7) is 7.31. The number of allylic oxidation sites excluding steroid dienone is 2. The molecule has 0 aliphatic heterocycles. The van der Waals surface area contributed by atoms with E-state index in [-0.39, 0.29) is 0 Å². The summed E-state index contributed by atoms with van der Waals surface area (Å²) in [5, 5.41) is 8.82. The highest BCUT2D eigenvalue weighted by Crippen LogP contribution is 2.10. The molecule has 0 aliphatic rings. The van der Waals surface area contributed by atoms with Gasteiger partial charge in [0.25, 0.3) is 0 Å². The zero-order valence-electron chi connectivity index (χ0n) is 8.03. The van der Waals surface area contributed by atoms with Crippen LogP contribution in [0.3, 0.4) is 0 Å². The Morgan fingerprint density at radius 2 is 2.07 bits per heavy atom. The molecule has 0 bridgehead atoms. The quantitative estimate of drug-likeness (QED) is 0.674. The van der Waals surface area contributed by atoms with Crippen LogP contribution in [0.1, 0.15) is 16.8 Å². The maximum Gasteiger partial charge on any atom is 0.101 e. The highest BCUT2D eigenvalue weighted by atomic mass is 14.7. The molecule has 1 heterocycles. The van der Waals surface area contributed by atoms with E-state index in [2.05, 4.69) is 24.2 Å². The molecule has 2 nitrogen and oxygen atoms in total. The molecule has 1 rings (SSSR count). The van der Waals surface area contributed by atoms with Crippen LogP contribution in [-0.2, 0) is 12.8 Å². The Morgan fingerprint density at radius 1 is 1.36 bits per heavy atom. The van der Waals surface area contributed by atoms with E-state index in [9.17, 15) is 0 Å². The standard InChI is InChI=1S/C12H12N2/c1-3-5-10-7-12(6-4-2)14-9-11(10)8-13/h3-4,7,9H,1-2,5-6H2. The highest BCUT2D eigenvalue weighted by Gasteiger charge is 2.02. The molecule has 0 aromatic carbocycles. The normalized spacial score (nSPS) is 9.07. The molecule has 0 radical (unpaired) electrons. The summed E-state index contributed by atoms with van der Waals surface area (Å²) in [7, 11) is 0. The van der Waals surface area contributed by atoms with Crippen LogP contribution in [0.15, 0.2) is 37.6 Å². The predicted molar refractivity (Wildman–Crippen MR) is 56.8 cm³/mol. The molecular formula is C12H12N2. The number of nitriles is 1. The van der Waals surface area contributed by atoms with Crippen molar-refractivity contribution in [3.8, 4) is 6.07 Å². The van der Waals surface area contributed by atoms with Crippen molar-refractivity contribution in [3.05, 3.63) is 54.4 Å². The summed E-state index contributed by atoms with van der Waals surface area (Å²) >= 11 is 0. The zero-order chi connectivity index (χ0) is 10.4. The van der Waals surface area contributed by atoms with Crippen LogP contribution in [0, 0.1) is 11.3 Å². The second-order valence-corrected chi connectivity index (χ2v) is 2.93. The summed E-state index contributed by atoms with van der Waals surface area (Å²) in [5.41, 5.74) is 2.54. The van der Waals surface area contributed by atoms with Gasteiger partial charge in [-0.3, -0.25) is 4.98 Å². The van der Waals surface area contributed by atoms with Crippen molar-refractivity contribution in [2.45, 2.75) is 12.8 Å². The lowest BCUT2D eigenvalue weighted by molar-refractivity contribution is 1.07. The Balaban J connectivity index is 3.07. The summed E-state index contributed by atoms with van der Waals surface area (Å²) in [6.07, 6.45) is 6.63. The highest BCUT2D eigenvalue weighted by molar-refractivity contribution is 5.37. The van der Waals surface area contributed by atoms with Crippen molar-refractivity contribution in [1.82, 2.24) is 4.98 Å². The van der Waals surface area contributed by atoms with Crippen LogP contribution in [0.5, 0.6) is 0 Å². The summed E-state index contributed by atoms with van der Waals surface area (Å²) in [6, 6.07) is 4.05. The van der Waals surface area contributed by atoms with Crippen molar-refractivity contribution in [2.75, 3.05) is 0 Å². The number of rotatable bonds is 4. The van der Waals surface area contributed by atoms with Gasteiger partial charge in [-0.2, -0.15) is 5.26 Å². The van der Waals surface area contributed by atoms with Gasteiger partial charge >= 0.3 is 0 Å². The molecule has 0 atom stereocenters. The average Bonchev–Trinajstić information content (AvgIpc) is 2.19. The Bertz CT molecular complexity index is 386. The van der Waals surface area contributed by atoms with Crippen LogP contribution in [0.4, 0.5) is 0 Å². The Kier molecular flexibility index (Phi) is 3.63. The third-order valence-corrected chi connectivity index (χ3v) is 1.88. The maximum atomic E-state index is 8.82. The van der Waals surface area contributed by atoms with E-state index in [0.29, 0.717) is 12.0 Å². The van der Waals surface area contributed by atoms with Gasteiger partial charge in [0.2, 0.25) is 0 Å². The smallest absolute Gasteiger partial charge is 0.101 e. The Morgan fingerprint density at radius 3 is 2.64 bits per heavy atom. The summed E-state index contributed by atoms with van der Waals surface area (Å²) < 4.78 is 0. The Labute approximate surface area is 84.2 Å². The van der Waals surface area contributed by atoms with E-state index in [0.717, 1.165) is 17.7 Å². The van der Waals surface area contributed by atoms with E-state index in [1.807, 2.05) is 6.07 Å². The van der Waals surface area contributed by atoms with Gasteiger partial charge < -0.3 is 0 Å². The molecule has 0 spiro atoms. The minimum absolute atomic E-state index is 0.623. The molecule has 70 valence electrons. The van der Waals surface area contributed by atoms with Crippen LogP contribution >= 0.6 is 0 Å². The molecule has 0 saturated carbocycles. The first-order valence-electron chi connectivity index (χ1n) is 4.41. The van der Waals surface area contributed by atoms with Crippen LogP contribution < -0.4 is 0 Å². The van der Waals surface area contributed by atoms with Crippen molar-refractivity contribution in [2.24, 2.45) is 0 Å². The van der Waals surface area contributed by atoms with Crippen molar-refractivity contribution >= 4 is 0 Å². The molecule has 0 amide bonds. The third kappa shape index (κ3) is 2.30. The minimum Gasteiger partial charge on any atom is -0.260 e. The van der Waals surface area contributed by atoms with E-state index in [4.69, 9.17) is 5.26 Å². The van der Waals surface area contributed by atoms with Crippen LogP contribution in [0.25, 0.3) is 0 Å². The van der Waals surface area contributed by atoms with Gasteiger partial charge in [0.05, 0.1) is 5.56 Å². The van der Waals surface area contributed by atoms with Gasteiger partial charge in [-0.25, -0.2) is 0 Å². The van der Waals surface area contributed by atoms with Gasteiger partial charge in [-0.15, -0.1) is 13.2 Å². The Hall–Kier alpha value is -1.88. The van der Waals surface area contributed by atoms with Gasteiger partial charge in [0, 0.05) is 18.3 Å². The second-order valence-electron chi connectivity index (χ2n) is 2.93. The molecule has 0 unspecified atom stereocenters. The largest absolute Gasteiger partial charge is 0.260 e. The fraction of sp³-hybridized carbons (Fsp3) is 0.167. The summed E-state index contributed by atoms with van der Waals surface area (Å²) in [5.74, 6) is 0. The first-order chi connectivity index (χ1) is 6.81. The second kappa shape index (κ2) is 4.98. The van der Waals surface area contributed by atoms with Crippen LogP contribution in [0.2, 0.25) is 0 Å². The van der Waals surface area contributed by atoms with Gasteiger partial charge in [-0.1, -0.05) is 12.2 Å². The first-order valence-corrected chi connectivity index (χ1v) is 4.41. The van der Waals surface area contributed by atoms with Gasteiger partial charge in [-0.05, 0) is 18.1 Å². The number of hydrogen-bond acceptors (Lipinski definition) is 2. The lowest BCUT2D eigenvalue weighted by Crippen LogP contribution is -1.95. The maximum absolute atomic E-state index is 8.82. The monoisotopic (exact) mass is 184 g/mol. The van der Waals surface area contributed by atoms with E-state index in [1.54, 1.807) is 18.3 Å². The van der Waals surface area contributed by atoms with E-state index < -0.39 is 0 Å². The molecule has 0 N–H and O–H groups in total. The van der Waals surface area contributed by atoms with Crippen molar-refractivity contribution in [1.29, 1.82) is 5.26 Å². The predicted octanol–water partition coefficient (Wildman–Crippen LogP) is 2.41. The molecule has 2 heteroatoms. The molecule has 0 saturated heterocycles. The fourth-order valence-corrected chi connectivity index (χ4v) is 1.23. The van der Waals surface area contributed by atoms with Crippen LogP contribution in [-0.4, -0.2) is 4.98 Å². The lowest BCUT2D eigenvalue weighted by Gasteiger charge is -2.02. The van der Waals surface area contributed by atoms with Crippen molar-refractivity contribution < 1.29 is 0 Å². The topological polar surface area (TPSA) is 36.7 Å². The number of aromatic nitrogens is 1. The third-order valence-electron chi connectivity index (χ3n) is 1.88. The first kappa shape index (κ1) is 10.2. The lowest BCUT2D eigenvalue weighted by atomic mass is 10.1. The average molecular weight is 184 g/mol. The molecule has 1 aromatic rings. The number of pyridine rings is 1. The summed E-state index contributed by atoms with van der Waals surface area (Å²) in [4.78, 5) is 4.15. The van der Waals surface area contributed by atoms with Gasteiger partial charge in [0.1, 0.15) is 6.07 Å². The number of hydrogen-bond donors (Lipinski definition) is 0. The molecule has 14 heavy (non-hydrogen) atoms. The van der Waals surface area contributed by atoms with Crippen molar-refractivity contribution in [3.63, 3.8) is 0 Å². The molecule has 1 aromatic heterocycles. The van der Waals surface area contributed by atoms with Gasteiger partial charge in [0.15, 0.2) is 0 Å². The molecular weight excluding hydrogens is 172 g/mol. The number of nitrogens with zero attached hydrogens (tertiary/aromatic N) is 2. The SMILES string of the molecule is C=CCc1cc(CC=C)c(C#N)cn1. The van der Waals surface area contributed by atoms with E-state index in [1.165, 1.54) is 0 Å².